The molecule has 1 aliphatic heterocycles. The van der Waals surface area contributed by atoms with Crippen molar-refractivity contribution >= 4 is 16.9 Å². The van der Waals surface area contributed by atoms with Crippen LogP contribution in [0.1, 0.15) is 33.3 Å². The fraction of sp³-hybridized carbons (Fsp3) is 0.154. The van der Waals surface area contributed by atoms with E-state index in [1.807, 2.05) is 24.3 Å². The first kappa shape index (κ1) is 19.9. The topological polar surface area (TPSA) is 80.0 Å². The van der Waals surface area contributed by atoms with Gasteiger partial charge in [-0.3, -0.25) is 9.59 Å². The van der Waals surface area contributed by atoms with E-state index < -0.39 is 6.04 Å². The third-order valence-electron chi connectivity index (χ3n) is 5.88. The van der Waals surface area contributed by atoms with Gasteiger partial charge in [0.25, 0.3) is 5.91 Å². The van der Waals surface area contributed by atoms with Crippen molar-refractivity contribution < 1.29 is 19.1 Å². The number of benzene rings is 3. The molecule has 0 spiro atoms. The number of carbonyl (C=O) groups excluding carboxylic acids is 1. The number of nitrogens with zero attached hydrogens (tertiary/aromatic N) is 1. The van der Waals surface area contributed by atoms with Crippen molar-refractivity contribution in [3.8, 4) is 11.5 Å². The number of hydrogen-bond donors (Lipinski definition) is 1. The molecule has 4 aromatic rings. The van der Waals surface area contributed by atoms with E-state index >= 15 is 0 Å². The summed E-state index contributed by atoms with van der Waals surface area (Å²) in [5.41, 5.74) is 2.32. The zero-order valence-corrected chi connectivity index (χ0v) is 17.4. The lowest BCUT2D eigenvalue weighted by atomic mass is 9.98. The lowest BCUT2D eigenvalue weighted by Gasteiger charge is -2.25. The molecule has 0 saturated carbocycles. The van der Waals surface area contributed by atoms with Gasteiger partial charge in [0.15, 0.2) is 5.43 Å². The Balaban J connectivity index is 1.58. The van der Waals surface area contributed by atoms with Gasteiger partial charge in [0.05, 0.1) is 24.1 Å². The van der Waals surface area contributed by atoms with Gasteiger partial charge >= 0.3 is 0 Å². The minimum absolute atomic E-state index is 0.0847. The lowest BCUT2D eigenvalue weighted by molar-refractivity contribution is 0.0730. The highest BCUT2D eigenvalue weighted by Crippen LogP contribution is 2.38. The molecule has 0 unspecified atom stereocenters. The lowest BCUT2D eigenvalue weighted by Crippen LogP contribution is -2.31. The number of methoxy groups -OCH3 is 1. The number of phenolic OH excluding ortho intramolecular Hbond substituents is 1. The molecule has 32 heavy (non-hydrogen) atoms. The first-order valence-corrected chi connectivity index (χ1v) is 10.4. The molecule has 2 heterocycles. The summed E-state index contributed by atoms with van der Waals surface area (Å²) in [5.74, 6) is 0.659. The molecule has 6 nitrogen and oxygen atoms in total. The van der Waals surface area contributed by atoms with Crippen LogP contribution < -0.4 is 10.2 Å². The van der Waals surface area contributed by atoms with Gasteiger partial charge in [-0.25, -0.2) is 0 Å². The number of para-hydroxylation sites is 1. The first-order chi connectivity index (χ1) is 15.6. The molecule has 0 bridgehead atoms. The van der Waals surface area contributed by atoms with Crippen molar-refractivity contribution in [2.24, 2.45) is 0 Å². The third-order valence-corrected chi connectivity index (χ3v) is 5.88. The molecular formula is C26H21NO5. The number of rotatable bonds is 5. The van der Waals surface area contributed by atoms with Crippen LogP contribution >= 0.6 is 0 Å². The van der Waals surface area contributed by atoms with E-state index in [-0.39, 0.29) is 22.8 Å². The van der Waals surface area contributed by atoms with Crippen LogP contribution in [0, 0.1) is 0 Å². The molecule has 0 aliphatic carbocycles. The molecule has 1 aromatic heterocycles. The standard InChI is InChI=1S/C26H21NO5/c1-31-19-12-6-16(7-13-19)14-15-27-23(17-8-10-18(28)11-9-17)22-24(29)20-4-2-3-5-21(20)32-25(22)26(27)30/h2-13,23,28H,14-15H2,1H3/t23-/m1/s1. The maximum absolute atomic E-state index is 13.4. The maximum atomic E-state index is 13.4. The van der Waals surface area contributed by atoms with E-state index in [4.69, 9.17) is 9.15 Å². The van der Waals surface area contributed by atoms with Crippen LogP contribution in [0.4, 0.5) is 0 Å². The van der Waals surface area contributed by atoms with Crippen molar-refractivity contribution in [2.45, 2.75) is 12.5 Å². The molecule has 0 radical (unpaired) electrons. The summed E-state index contributed by atoms with van der Waals surface area (Å²) in [6, 6.07) is 20.6. The molecule has 1 amide bonds. The van der Waals surface area contributed by atoms with E-state index in [0.29, 0.717) is 29.5 Å². The fourth-order valence-electron chi connectivity index (χ4n) is 4.24. The molecular weight excluding hydrogens is 406 g/mol. The maximum Gasteiger partial charge on any atom is 0.290 e. The molecule has 1 aliphatic rings. The Morgan fingerprint density at radius 1 is 0.969 bits per heavy atom. The van der Waals surface area contributed by atoms with E-state index in [2.05, 4.69) is 0 Å². The van der Waals surface area contributed by atoms with Crippen molar-refractivity contribution in [3.05, 3.63) is 105 Å². The second kappa shape index (κ2) is 7.89. The van der Waals surface area contributed by atoms with Crippen LogP contribution in [0.5, 0.6) is 11.5 Å². The van der Waals surface area contributed by atoms with Crippen LogP contribution in [0.2, 0.25) is 0 Å². The molecule has 0 fully saturated rings. The Hall–Kier alpha value is -4.06. The second-order valence-electron chi connectivity index (χ2n) is 7.76. The second-order valence-corrected chi connectivity index (χ2v) is 7.76. The highest BCUT2D eigenvalue weighted by molar-refractivity contribution is 5.99. The number of amides is 1. The number of aromatic hydroxyl groups is 1. The number of fused-ring (bicyclic) bond motifs is 2. The first-order valence-electron chi connectivity index (χ1n) is 10.4. The minimum Gasteiger partial charge on any atom is -0.508 e. The summed E-state index contributed by atoms with van der Waals surface area (Å²) in [4.78, 5) is 28.5. The molecule has 0 saturated heterocycles. The molecule has 6 heteroatoms. The monoisotopic (exact) mass is 427 g/mol. The molecule has 160 valence electrons. The summed E-state index contributed by atoms with van der Waals surface area (Å²) in [6.45, 7) is 0.399. The average molecular weight is 427 g/mol. The van der Waals surface area contributed by atoms with Gasteiger partial charge in [-0.15, -0.1) is 0 Å². The Morgan fingerprint density at radius 3 is 2.41 bits per heavy atom. The number of hydrogen-bond acceptors (Lipinski definition) is 5. The fourth-order valence-corrected chi connectivity index (χ4v) is 4.24. The summed E-state index contributed by atoms with van der Waals surface area (Å²) in [7, 11) is 1.62. The summed E-state index contributed by atoms with van der Waals surface area (Å²) in [5, 5.41) is 10.2. The zero-order valence-electron chi connectivity index (χ0n) is 17.4. The van der Waals surface area contributed by atoms with E-state index in [1.165, 1.54) is 0 Å². The normalized spacial score (nSPS) is 15.2. The number of ether oxygens (including phenoxy) is 1. The van der Waals surface area contributed by atoms with Crippen LogP contribution in [0.15, 0.2) is 82.0 Å². The summed E-state index contributed by atoms with van der Waals surface area (Å²) in [6.07, 6.45) is 0.603. The summed E-state index contributed by atoms with van der Waals surface area (Å²) < 4.78 is 11.1. The average Bonchev–Trinajstić information content (AvgIpc) is 3.10. The van der Waals surface area contributed by atoms with Gasteiger partial charge in [0.2, 0.25) is 5.76 Å². The van der Waals surface area contributed by atoms with Crippen molar-refractivity contribution in [2.75, 3.05) is 13.7 Å². The third kappa shape index (κ3) is 3.30. The minimum atomic E-state index is -0.586. The SMILES string of the molecule is COc1ccc(CCN2C(=O)c3oc4ccccc4c(=O)c3[C@H]2c2ccc(O)cc2)cc1. The predicted octanol–water partition coefficient (Wildman–Crippen LogP) is 4.30. The van der Waals surface area contributed by atoms with Crippen molar-refractivity contribution in [1.29, 1.82) is 0 Å². The molecule has 3 aromatic carbocycles. The quantitative estimate of drug-likeness (QED) is 0.514. The number of phenols is 1. The van der Waals surface area contributed by atoms with Crippen LogP contribution in [-0.2, 0) is 6.42 Å². The molecule has 1 atom stereocenters. The molecule has 1 N–H and O–H groups in total. The Bertz CT molecular complexity index is 1360. The van der Waals surface area contributed by atoms with Crippen LogP contribution in [-0.4, -0.2) is 29.6 Å². The zero-order chi connectivity index (χ0) is 22.2. The molecule has 5 rings (SSSR count). The Kier molecular flexibility index (Phi) is 4.90. The van der Waals surface area contributed by atoms with Gasteiger partial charge in [-0.05, 0) is 53.9 Å². The smallest absolute Gasteiger partial charge is 0.290 e. The van der Waals surface area contributed by atoms with Gasteiger partial charge in [-0.2, -0.15) is 0 Å². The van der Waals surface area contributed by atoms with E-state index in [0.717, 1.165) is 16.9 Å². The van der Waals surface area contributed by atoms with Crippen molar-refractivity contribution in [1.82, 2.24) is 4.90 Å². The van der Waals surface area contributed by atoms with Gasteiger partial charge in [0.1, 0.15) is 17.1 Å². The summed E-state index contributed by atoms with van der Waals surface area (Å²) >= 11 is 0. The van der Waals surface area contributed by atoms with E-state index in [1.54, 1.807) is 60.5 Å². The van der Waals surface area contributed by atoms with Gasteiger partial charge in [-0.1, -0.05) is 36.4 Å². The van der Waals surface area contributed by atoms with Gasteiger partial charge < -0.3 is 19.2 Å². The number of carbonyl (C=O) groups is 1. The highest BCUT2D eigenvalue weighted by Gasteiger charge is 2.42. The largest absolute Gasteiger partial charge is 0.508 e. The highest BCUT2D eigenvalue weighted by atomic mass is 16.5. The van der Waals surface area contributed by atoms with Crippen molar-refractivity contribution in [3.63, 3.8) is 0 Å². The van der Waals surface area contributed by atoms with Crippen LogP contribution in [0.3, 0.4) is 0 Å². The van der Waals surface area contributed by atoms with Crippen LogP contribution in [0.25, 0.3) is 11.0 Å². The Morgan fingerprint density at radius 2 is 1.69 bits per heavy atom. The predicted molar refractivity (Wildman–Crippen MR) is 120 cm³/mol. The van der Waals surface area contributed by atoms with E-state index in [9.17, 15) is 14.7 Å². The van der Waals surface area contributed by atoms with Gasteiger partial charge in [0, 0.05) is 6.54 Å². The Labute approximate surface area is 184 Å².